The Balaban J connectivity index is 2.21. The maximum absolute atomic E-state index is 12.6. The van der Waals surface area contributed by atoms with Crippen LogP contribution in [0.1, 0.15) is 10.4 Å². The average molecular weight is 233 g/mol. The smallest absolute Gasteiger partial charge is 0.335 e. The first-order chi connectivity index (χ1) is 8.15. The number of rotatable bonds is 3. The second-order valence-corrected chi connectivity index (χ2v) is 3.24. The van der Waals surface area contributed by atoms with E-state index in [9.17, 15) is 9.18 Å². The van der Waals surface area contributed by atoms with Crippen molar-refractivity contribution >= 4 is 5.97 Å². The Labute approximate surface area is 96.3 Å². The molecular weight excluding hydrogens is 225 g/mol. The monoisotopic (exact) mass is 233 g/mol. The zero-order valence-electron chi connectivity index (χ0n) is 8.63. The van der Waals surface area contributed by atoms with Crippen molar-refractivity contribution in [2.45, 2.75) is 0 Å². The fourth-order valence-corrected chi connectivity index (χ4v) is 1.22. The van der Waals surface area contributed by atoms with Crippen molar-refractivity contribution in [3.8, 4) is 11.6 Å². The van der Waals surface area contributed by atoms with E-state index in [1.54, 1.807) is 0 Å². The number of nitrogens with zero attached hydrogens (tertiary/aromatic N) is 1. The molecule has 4 nitrogen and oxygen atoms in total. The summed E-state index contributed by atoms with van der Waals surface area (Å²) in [4.78, 5) is 14.6. The fourth-order valence-electron chi connectivity index (χ4n) is 1.22. The molecule has 2 rings (SSSR count). The molecule has 0 aliphatic heterocycles. The SMILES string of the molecule is O=C(O)c1ccnc(Oc2ccc(F)cc2)c1. The van der Waals surface area contributed by atoms with Crippen LogP contribution in [-0.4, -0.2) is 16.1 Å². The molecule has 0 saturated carbocycles. The van der Waals surface area contributed by atoms with Gasteiger partial charge in [0, 0.05) is 12.3 Å². The van der Waals surface area contributed by atoms with Gasteiger partial charge in [0.15, 0.2) is 0 Å². The molecule has 0 fully saturated rings. The molecule has 0 radical (unpaired) electrons. The molecule has 0 atom stereocenters. The third-order valence-corrected chi connectivity index (χ3v) is 2.02. The Kier molecular flexibility index (Phi) is 3.00. The number of carboxylic acid groups (broad SMARTS) is 1. The van der Waals surface area contributed by atoms with Gasteiger partial charge in [0.1, 0.15) is 11.6 Å². The van der Waals surface area contributed by atoms with Crippen molar-refractivity contribution < 1.29 is 19.0 Å². The van der Waals surface area contributed by atoms with Gasteiger partial charge >= 0.3 is 5.97 Å². The minimum absolute atomic E-state index is 0.0807. The van der Waals surface area contributed by atoms with E-state index >= 15 is 0 Å². The van der Waals surface area contributed by atoms with Crippen LogP contribution in [0.25, 0.3) is 0 Å². The summed E-state index contributed by atoms with van der Waals surface area (Å²) < 4.78 is 17.9. The zero-order valence-corrected chi connectivity index (χ0v) is 8.63. The van der Waals surface area contributed by atoms with Gasteiger partial charge in [0.25, 0.3) is 0 Å². The topological polar surface area (TPSA) is 59.4 Å². The normalized spacial score (nSPS) is 9.94. The van der Waals surface area contributed by atoms with Crippen molar-refractivity contribution in [3.63, 3.8) is 0 Å². The Morgan fingerprint density at radius 3 is 2.59 bits per heavy atom. The molecular formula is C12H8FNO3. The lowest BCUT2D eigenvalue weighted by Crippen LogP contribution is -1.97. The van der Waals surface area contributed by atoms with Crippen LogP contribution in [-0.2, 0) is 0 Å². The van der Waals surface area contributed by atoms with E-state index in [-0.39, 0.29) is 17.3 Å². The van der Waals surface area contributed by atoms with Crippen LogP contribution in [0, 0.1) is 5.82 Å². The van der Waals surface area contributed by atoms with Crippen molar-refractivity contribution in [2.75, 3.05) is 0 Å². The van der Waals surface area contributed by atoms with Gasteiger partial charge < -0.3 is 9.84 Å². The third-order valence-electron chi connectivity index (χ3n) is 2.02. The number of aromatic nitrogens is 1. The number of carboxylic acids is 1. The molecule has 1 N–H and O–H groups in total. The number of hydrogen-bond donors (Lipinski definition) is 1. The highest BCUT2D eigenvalue weighted by molar-refractivity contribution is 5.87. The Morgan fingerprint density at radius 2 is 1.94 bits per heavy atom. The molecule has 17 heavy (non-hydrogen) atoms. The lowest BCUT2D eigenvalue weighted by molar-refractivity contribution is 0.0696. The number of halogens is 1. The molecule has 86 valence electrons. The van der Waals surface area contributed by atoms with Crippen molar-refractivity contribution in [2.24, 2.45) is 0 Å². The van der Waals surface area contributed by atoms with E-state index in [2.05, 4.69) is 4.98 Å². The lowest BCUT2D eigenvalue weighted by atomic mass is 10.3. The molecule has 2 aromatic rings. The second-order valence-electron chi connectivity index (χ2n) is 3.24. The first kappa shape index (κ1) is 11.1. The number of aromatic carboxylic acids is 1. The van der Waals surface area contributed by atoms with Crippen LogP contribution < -0.4 is 4.74 Å². The third kappa shape index (κ3) is 2.78. The summed E-state index contributed by atoms with van der Waals surface area (Å²) in [6, 6.07) is 8.02. The van der Waals surface area contributed by atoms with Crippen LogP contribution in [0.5, 0.6) is 11.6 Å². The second kappa shape index (κ2) is 4.61. The molecule has 0 bridgehead atoms. The molecule has 0 aliphatic rings. The molecule has 1 aromatic carbocycles. The summed E-state index contributed by atoms with van der Waals surface area (Å²) in [5.41, 5.74) is 0.0807. The van der Waals surface area contributed by atoms with Crippen molar-refractivity contribution in [3.05, 3.63) is 54.0 Å². The van der Waals surface area contributed by atoms with E-state index in [1.807, 2.05) is 0 Å². The van der Waals surface area contributed by atoms with E-state index in [0.29, 0.717) is 5.75 Å². The van der Waals surface area contributed by atoms with E-state index in [1.165, 1.54) is 42.6 Å². The van der Waals surface area contributed by atoms with E-state index in [0.717, 1.165) is 0 Å². The van der Waals surface area contributed by atoms with Crippen LogP contribution >= 0.6 is 0 Å². The van der Waals surface area contributed by atoms with Gasteiger partial charge in [-0.3, -0.25) is 0 Å². The molecule has 0 aliphatic carbocycles. The quantitative estimate of drug-likeness (QED) is 0.885. The highest BCUT2D eigenvalue weighted by Crippen LogP contribution is 2.20. The molecule has 0 amide bonds. The standard InChI is InChI=1S/C12H8FNO3/c13-9-1-3-10(4-2-9)17-11-7-8(12(15)16)5-6-14-11/h1-7H,(H,15,16). The number of hydrogen-bond acceptors (Lipinski definition) is 3. The molecule has 1 heterocycles. The molecule has 5 heteroatoms. The van der Waals surface area contributed by atoms with Crippen LogP contribution in [0.15, 0.2) is 42.6 Å². The largest absolute Gasteiger partial charge is 0.478 e. The van der Waals surface area contributed by atoms with Gasteiger partial charge in [-0.25, -0.2) is 14.2 Å². The maximum Gasteiger partial charge on any atom is 0.335 e. The predicted molar refractivity (Wildman–Crippen MR) is 57.7 cm³/mol. The number of pyridine rings is 1. The summed E-state index contributed by atoms with van der Waals surface area (Å²) in [5, 5.41) is 8.78. The highest BCUT2D eigenvalue weighted by atomic mass is 19.1. The minimum atomic E-state index is -1.06. The van der Waals surface area contributed by atoms with Crippen LogP contribution in [0.2, 0.25) is 0 Å². The Bertz CT molecular complexity index is 540. The summed E-state index contributed by atoms with van der Waals surface area (Å²) in [6.45, 7) is 0. The van der Waals surface area contributed by atoms with Gasteiger partial charge in [-0.1, -0.05) is 0 Å². The predicted octanol–water partition coefficient (Wildman–Crippen LogP) is 2.71. The van der Waals surface area contributed by atoms with Gasteiger partial charge in [0.2, 0.25) is 5.88 Å². The van der Waals surface area contributed by atoms with Gasteiger partial charge in [0.05, 0.1) is 5.56 Å². The van der Waals surface area contributed by atoms with Crippen molar-refractivity contribution in [1.29, 1.82) is 0 Å². The maximum atomic E-state index is 12.6. The van der Waals surface area contributed by atoms with Gasteiger partial charge in [-0.2, -0.15) is 0 Å². The van der Waals surface area contributed by atoms with E-state index < -0.39 is 5.97 Å². The number of carbonyl (C=O) groups is 1. The van der Waals surface area contributed by atoms with E-state index in [4.69, 9.17) is 9.84 Å². The molecule has 1 aromatic heterocycles. The Hall–Kier alpha value is -2.43. The summed E-state index contributed by atoms with van der Waals surface area (Å²) in [7, 11) is 0. The first-order valence-electron chi connectivity index (χ1n) is 4.78. The van der Waals surface area contributed by atoms with Crippen molar-refractivity contribution in [1.82, 2.24) is 4.98 Å². The first-order valence-corrected chi connectivity index (χ1v) is 4.78. The molecule has 0 unspecified atom stereocenters. The fraction of sp³-hybridized carbons (Fsp3) is 0. The molecule has 0 saturated heterocycles. The lowest BCUT2D eigenvalue weighted by Gasteiger charge is -2.04. The van der Waals surface area contributed by atoms with Crippen LogP contribution in [0.4, 0.5) is 4.39 Å². The highest BCUT2D eigenvalue weighted by Gasteiger charge is 2.05. The Morgan fingerprint density at radius 1 is 1.24 bits per heavy atom. The number of ether oxygens (including phenoxy) is 1. The zero-order chi connectivity index (χ0) is 12.3. The summed E-state index contributed by atoms with van der Waals surface area (Å²) in [6.07, 6.45) is 1.34. The minimum Gasteiger partial charge on any atom is -0.478 e. The summed E-state index contributed by atoms with van der Waals surface area (Å²) >= 11 is 0. The van der Waals surface area contributed by atoms with Gasteiger partial charge in [-0.05, 0) is 30.3 Å². The van der Waals surface area contributed by atoms with Gasteiger partial charge in [-0.15, -0.1) is 0 Å². The number of benzene rings is 1. The summed E-state index contributed by atoms with van der Waals surface area (Å²) in [5.74, 6) is -0.890. The molecule has 0 spiro atoms. The average Bonchev–Trinajstić information content (AvgIpc) is 2.32. The van der Waals surface area contributed by atoms with Crippen LogP contribution in [0.3, 0.4) is 0 Å².